The van der Waals surface area contributed by atoms with Crippen LogP contribution in [0.25, 0.3) is 6.08 Å². The molecular weight excluding hydrogens is 572 g/mol. The van der Waals surface area contributed by atoms with Crippen molar-refractivity contribution in [3.8, 4) is 5.75 Å². The summed E-state index contributed by atoms with van der Waals surface area (Å²) in [6.07, 6.45) is 1.64. The fourth-order valence-corrected chi connectivity index (χ4v) is 5.00. The Morgan fingerprint density at radius 2 is 1.50 bits per heavy atom. The average Bonchev–Trinajstić information content (AvgIpc) is 3.03. The van der Waals surface area contributed by atoms with E-state index in [1.165, 1.54) is 11.8 Å². The number of amides is 3. The third-order valence-electron chi connectivity index (χ3n) is 6.49. The molecule has 0 radical (unpaired) electrons. The molecule has 0 spiro atoms. The normalized spacial score (nSPS) is 11.7. The summed E-state index contributed by atoms with van der Waals surface area (Å²) < 4.78 is 5.60. The maximum atomic E-state index is 13.4. The van der Waals surface area contributed by atoms with Gasteiger partial charge in [0.15, 0.2) is 0 Å². The lowest BCUT2D eigenvalue weighted by Crippen LogP contribution is -2.30. The number of para-hydroxylation sites is 2. The third-order valence-corrected chi connectivity index (χ3v) is 7.60. The molecule has 9 heteroatoms. The van der Waals surface area contributed by atoms with Crippen LogP contribution >= 0.6 is 11.8 Å². The van der Waals surface area contributed by atoms with Crippen molar-refractivity contribution in [3.05, 3.63) is 120 Å². The van der Waals surface area contributed by atoms with E-state index in [0.717, 1.165) is 16.1 Å². The first kappa shape index (κ1) is 31.9. The molecule has 0 heterocycles. The summed E-state index contributed by atoms with van der Waals surface area (Å²) in [5, 5.41) is 8.19. The number of nitrogens with zero attached hydrogens (tertiary/aromatic N) is 1. The maximum absolute atomic E-state index is 13.4. The molecule has 1 unspecified atom stereocenters. The van der Waals surface area contributed by atoms with Crippen LogP contribution in [-0.4, -0.2) is 43.7 Å². The largest absolute Gasteiger partial charge is 0.492 e. The number of hydrogen-bond donors (Lipinski definition) is 3. The number of hydrogen-bond acceptors (Lipinski definition) is 6. The van der Waals surface area contributed by atoms with Crippen LogP contribution in [-0.2, 0) is 9.59 Å². The summed E-state index contributed by atoms with van der Waals surface area (Å²) in [5.41, 5.74) is 3.49. The number of nitrogens with one attached hydrogen (secondary N) is 3. The minimum absolute atomic E-state index is 0.104. The van der Waals surface area contributed by atoms with Gasteiger partial charge in [-0.15, -0.1) is 11.8 Å². The van der Waals surface area contributed by atoms with Crippen molar-refractivity contribution in [2.24, 2.45) is 0 Å². The standard InChI is InChI=1S/C35H36N4O4S/c1-5-43-32-14-10-9-13-30(32)37-33(40)24(2)44-29-21-17-27(18-22-29)36-35(42)31(38-34(41)26-11-7-6-8-12-26)23-25-15-19-28(20-16-25)39(3)4/h6-24H,5H2,1-4H3,(H,36,42)(H,37,40)(H,38,41)/b31-23-. The van der Waals surface area contributed by atoms with Crippen molar-refractivity contribution in [1.29, 1.82) is 0 Å². The highest BCUT2D eigenvalue weighted by Gasteiger charge is 2.18. The van der Waals surface area contributed by atoms with Gasteiger partial charge < -0.3 is 25.6 Å². The smallest absolute Gasteiger partial charge is 0.272 e. The van der Waals surface area contributed by atoms with E-state index in [-0.39, 0.29) is 22.8 Å². The SMILES string of the molecule is CCOc1ccccc1NC(=O)C(C)Sc1ccc(NC(=O)/C(=C/c2ccc(N(C)C)cc2)NC(=O)c2ccccc2)cc1. The van der Waals surface area contributed by atoms with E-state index >= 15 is 0 Å². The number of carbonyl (C=O) groups is 3. The van der Waals surface area contributed by atoms with E-state index < -0.39 is 5.91 Å². The molecule has 1 atom stereocenters. The molecule has 0 saturated carbocycles. The summed E-state index contributed by atoms with van der Waals surface area (Å²) >= 11 is 1.40. The minimum atomic E-state index is -0.466. The van der Waals surface area contributed by atoms with E-state index in [2.05, 4.69) is 16.0 Å². The highest BCUT2D eigenvalue weighted by molar-refractivity contribution is 8.00. The van der Waals surface area contributed by atoms with Gasteiger partial charge in [-0.2, -0.15) is 0 Å². The molecule has 0 bridgehead atoms. The third kappa shape index (κ3) is 8.99. The molecule has 4 rings (SSSR count). The highest BCUT2D eigenvalue weighted by atomic mass is 32.2. The van der Waals surface area contributed by atoms with Crippen molar-refractivity contribution in [2.75, 3.05) is 36.2 Å². The molecule has 0 aromatic heterocycles. The Labute approximate surface area is 262 Å². The Balaban J connectivity index is 1.44. The fourth-order valence-electron chi connectivity index (χ4n) is 4.14. The van der Waals surface area contributed by atoms with Crippen molar-refractivity contribution < 1.29 is 19.1 Å². The highest BCUT2D eigenvalue weighted by Crippen LogP contribution is 2.28. The molecule has 0 aliphatic heterocycles. The zero-order valence-corrected chi connectivity index (χ0v) is 26.0. The van der Waals surface area contributed by atoms with Gasteiger partial charge in [0.1, 0.15) is 11.4 Å². The van der Waals surface area contributed by atoms with Gasteiger partial charge in [-0.05, 0) is 86.2 Å². The summed E-state index contributed by atoms with van der Waals surface area (Å²) in [7, 11) is 3.90. The first-order valence-corrected chi connectivity index (χ1v) is 15.1. The Morgan fingerprint density at radius 1 is 0.841 bits per heavy atom. The lowest BCUT2D eigenvalue weighted by molar-refractivity contribution is -0.115. The van der Waals surface area contributed by atoms with Gasteiger partial charge in [0.25, 0.3) is 11.8 Å². The first-order valence-electron chi connectivity index (χ1n) is 14.2. The van der Waals surface area contributed by atoms with Crippen molar-refractivity contribution in [1.82, 2.24) is 5.32 Å². The van der Waals surface area contributed by atoms with Crippen LogP contribution in [0.4, 0.5) is 17.1 Å². The van der Waals surface area contributed by atoms with Gasteiger partial charge in [0.05, 0.1) is 17.5 Å². The fraction of sp³-hybridized carbons (Fsp3) is 0.171. The van der Waals surface area contributed by atoms with E-state index in [1.807, 2.05) is 99.6 Å². The zero-order chi connectivity index (χ0) is 31.5. The number of carbonyl (C=O) groups excluding carboxylic acids is 3. The predicted octanol–water partition coefficient (Wildman–Crippen LogP) is 6.68. The number of anilines is 3. The first-order chi connectivity index (χ1) is 21.2. The van der Waals surface area contributed by atoms with E-state index in [9.17, 15) is 14.4 Å². The van der Waals surface area contributed by atoms with Crippen molar-refractivity contribution >= 4 is 52.6 Å². The van der Waals surface area contributed by atoms with E-state index in [0.29, 0.717) is 29.3 Å². The van der Waals surface area contributed by atoms with Crippen molar-refractivity contribution in [2.45, 2.75) is 24.0 Å². The molecule has 44 heavy (non-hydrogen) atoms. The average molecular weight is 609 g/mol. The minimum Gasteiger partial charge on any atom is -0.492 e. The van der Waals surface area contributed by atoms with Crippen LogP contribution in [0.2, 0.25) is 0 Å². The molecule has 0 aliphatic rings. The van der Waals surface area contributed by atoms with Gasteiger partial charge >= 0.3 is 0 Å². The molecular formula is C35H36N4O4S. The number of rotatable bonds is 12. The molecule has 3 N–H and O–H groups in total. The second-order valence-corrected chi connectivity index (χ2v) is 11.4. The predicted molar refractivity (Wildman–Crippen MR) is 179 cm³/mol. The van der Waals surface area contributed by atoms with Crippen LogP contribution in [0.3, 0.4) is 0 Å². The summed E-state index contributed by atoms with van der Waals surface area (Å²) in [5.74, 6) is -0.381. The Hall–Kier alpha value is -5.02. The summed E-state index contributed by atoms with van der Waals surface area (Å²) in [6.45, 7) is 4.22. The van der Waals surface area contributed by atoms with Crippen LogP contribution in [0.1, 0.15) is 29.8 Å². The van der Waals surface area contributed by atoms with E-state index in [1.54, 1.807) is 42.5 Å². The molecule has 4 aromatic rings. The molecule has 3 amide bonds. The van der Waals surface area contributed by atoms with Gasteiger partial charge in [0.2, 0.25) is 5.91 Å². The molecule has 0 saturated heterocycles. The van der Waals surface area contributed by atoms with Gasteiger partial charge in [0, 0.05) is 35.9 Å². The zero-order valence-electron chi connectivity index (χ0n) is 25.2. The molecule has 0 fully saturated rings. The molecule has 0 aliphatic carbocycles. The Bertz CT molecular complexity index is 1600. The molecule has 4 aromatic carbocycles. The Kier molecular flexibility index (Phi) is 11.2. The summed E-state index contributed by atoms with van der Waals surface area (Å²) in [4.78, 5) is 42.0. The van der Waals surface area contributed by atoms with Crippen LogP contribution < -0.4 is 25.6 Å². The number of ether oxygens (including phenoxy) is 1. The van der Waals surface area contributed by atoms with Crippen LogP contribution in [0, 0.1) is 0 Å². The maximum Gasteiger partial charge on any atom is 0.272 e. The number of thioether (sulfide) groups is 1. The topological polar surface area (TPSA) is 99.8 Å². The van der Waals surface area contributed by atoms with Gasteiger partial charge in [-0.1, -0.05) is 42.5 Å². The summed E-state index contributed by atoms with van der Waals surface area (Å²) in [6, 6.07) is 30.9. The van der Waals surface area contributed by atoms with Gasteiger partial charge in [-0.25, -0.2) is 0 Å². The second kappa shape index (κ2) is 15.5. The Morgan fingerprint density at radius 3 is 2.16 bits per heavy atom. The molecule has 8 nitrogen and oxygen atoms in total. The second-order valence-electron chi connectivity index (χ2n) is 10.0. The van der Waals surface area contributed by atoms with Crippen LogP contribution in [0.15, 0.2) is 114 Å². The lowest BCUT2D eigenvalue weighted by Gasteiger charge is -2.15. The monoisotopic (exact) mass is 608 g/mol. The van der Waals surface area contributed by atoms with Crippen molar-refractivity contribution in [3.63, 3.8) is 0 Å². The quantitative estimate of drug-likeness (QED) is 0.123. The van der Waals surface area contributed by atoms with Gasteiger partial charge in [-0.3, -0.25) is 14.4 Å². The van der Waals surface area contributed by atoms with Crippen LogP contribution in [0.5, 0.6) is 5.75 Å². The molecule has 226 valence electrons. The number of benzene rings is 4. The lowest BCUT2D eigenvalue weighted by atomic mass is 10.1. The van der Waals surface area contributed by atoms with E-state index in [4.69, 9.17) is 4.74 Å².